The van der Waals surface area contributed by atoms with Crippen LogP contribution in [0.3, 0.4) is 0 Å². The molecule has 0 fully saturated rings. The van der Waals surface area contributed by atoms with Crippen molar-refractivity contribution in [1.29, 1.82) is 0 Å². The highest BCUT2D eigenvalue weighted by Gasteiger charge is 2.03. The molecule has 3 aromatic carbocycles. The van der Waals surface area contributed by atoms with E-state index in [4.69, 9.17) is 11.6 Å². The summed E-state index contributed by atoms with van der Waals surface area (Å²) >= 11 is 6.21. The fourth-order valence-corrected chi connectivity index (χ4v) is 2.58. The van der Waals surface area contributed by atoms with E-state index in [-0.39, 0.29) is 0 Å². The molecule has 3 aromatic rings. The number of rotatable bonds is 1. The number of aryl methyl sites for hydroxylation is 2. The van der Waals surface area contributed by atoms with Crippen molar-refractivity contribution < 1.29 is 0 Å². The lowest BCUT2D eigenvalue weighted by molar-refractivity contribution is 1.47. The van der Waals surface area contributed by atoms with Crippen molar-refractivity contribution in [1.82, 2.24) is 0 Å². The summed E-state index contributed by atoms with van der Waals surface area (Å²) in [6.07, 6.45) is 0. The van der Waals surface area contributed by atoms with E-state index in [1.165, 1.54) is 27.5 Å². The van der Waals surface area contributed by atoms with Gasteiger partial charge in [0.15, 0.2) is 0 Å². The molecule has 0 spiro atoms. The fourth-order valence-electron chi connectivity index (χ4n) is 2.40. The van der Waals surface area contributed by atoms with Gasteiger partial charge in [-0.3, -0.25) is 0 Å². The Bertz CT molecular complexity index is 757. The Balaban J connectivity index is 2.17. The maximum atomic E-state index is 6.21. The minimum Gasteiger partial charge on any atom is -0.0840 e. The van der Waals surface area contributed by atoms with Crippen LogP contribution in [0.25, 0.3) is 21.9 Å². The Kier molecular flexibility index (Phi) is 3.04. The van der Waals surface area contributed by atoms with Crippen molar-refractivity contribution >= 4 is 22.4 Å². The number of hydrogen-bond donors (Lipinski definition) is 0. The monoisotopic (exact) mass is 266 g/mol. The molecule has 0 aliphatic heterocycles. The van der Waals surface area contributed by atoms with Crippen molar-refractivity contribution in [3.63, 3.8) is 0 Å². The Labute approximate surface area is 118 Å². The van der Waals surface area contributed by atoms with Gasteiger partial charge in [0, 0.05) is 5.02 Å². The molecule has 0 bridgehead atoms. The number of benzene rings is 3. The fraction of sp³-hybridized carbons (Fsp3) is 0.111. The van der Waals surface area contributed by atoms with Crippen LogP contribution < -0.4 is 0 Å². The van der Waals surface area contributed by atoms with Crippen molar-refractivity contribution in [2.45, 2.75) is 13.8 Å². The van der Waals surface area contributed by atoms with Gasteiger partial charge in [0.05, 0.1) is 0 Å². The second-order valence-corrected chi connectivity index (χ2v) is 5.38. The third-order valence-corrected chi connectivity index (χ3v) is 4.01. The number of hydrogen-bond acceptors (Lipinski definition) is 0. The molecule has 0 heterocycles. The van der Waals surface area contributed by atoms with Crippen molar-refractivity contribution in [2.24, 2.45) is 0 Å². The van der Waals surface area contributed by atoms with Gasteiger partial charge in [-0.05, 0) is 59.0 Å². The smallest absolute Gasteiger partial charge is 0.0441 e. The van der Waals surface area contributed by atoms with E-state index in [0.717, 1.165) is 10.6 Å². The molecule has 0 atom stereocenters. The highest BCUT2D eigenvalue weighted by molar-refractivity contribution is 6.31. The average Bonchev–Trinajstić information content (AvgIpc) is 2.42. The Hall–Kier alpha value is -1.79. The number of halogens is 1. The second-order valence-electron chi connectivity index (χ2n) is 4.97. The van der Waals surface area contributed by atoms with Crippen LogP contribution in [-0.4, -0.2) is 0 Å². The first-order valence-electron chi connectivity index (χ1n) is 6.41. The highest BCUT2D eigenvalue weighted by atomic mass is 35.5. The van der Waals surface area contributed by atoms with Crippen LogP contribution in [-0.2, 0) is 0 Å². The van der Waals surface area contributed by atoms with E-state index in [9.17, 15) is 0 Å². The molecule has 1 heteroatoms. The third kappa shape index (κ3) is 2.24. The van der Waals surface area contributed by atoms with Gasteiger partial charge in [0.25, 0.3) is 0 Å². The zero-order valence-electron chi connectivity index (χ0n) is 11.1. The van der Waals surface area contributed by atoms with E-state index in [1.54, 1.807) is 0 Å². The summed E-state index contributed by atoms with van der Waals surface area (Å²) in [4.78, 5) is 0. The summed E-state index contributed by atoms with van der Waals surface area (Å²) in [6, 6.07) is 19.2. The molecule has 0 saturated heterocycles. The Morgan fingerprint density at radius 3 is 2.26 bits per heavy atom. The van der Waals surface area contributed by atoms with Crippen molar-refractivity contribution in [2.75, 3.05) is 0 Å². The molecule has 0 N–H and O–H groups in total. The molecule has 0 amide bonds. The first-order valence-corrected chi connectivity index (χ1v) is 6.79. The summed E-state index contributed by atoms with van der Waals surface area (Å²) < 4.78 is 0. The maximum absolute atomic E-state index is 6.21. The van der Waals surface area contributed by atoms with Crippen LogP contribution in [0.4, 0.5) is 0 Å². The van der Waals surface area contributed by atoms with Crippen LogP contribution >= 0.6 is 11.6 Å². The van der Waals surface area contributed by atoms with Gasteiger partial charge in [-0.25, -0.2) is 0 Å². The topological polar surface area (TPSA) is 0 Å². The largest absolute Gasteiger partial charge is 0.0840 e. The molecule has 0 aliphatic rings. The molecule has 19 heavy (non-hydrogen) atoms. The SMILES string of the molecule is Cc1ccc(-c2ccc3c(C)cccc3c2)cc1Cl. The summed E-state index contributed by atoms with van der Waals surface area (Å²) in [5, 5.41) is 3.40. The standard InChI is InChI=1S/C18H15Cl/c1-12-4-3-5-16-10-14(8-9-17(12)16)15-7-6-13(2)18(19)11-15/h3-11H,1-2H3. The van der Waals surface area contributed by atoms with Gasteiger partial charge in [-0.2, -0.15) is 0 Å². The summed E-state index contributed by atoms with van der Waals surface area (Å²) in [7, 11) is 0. The molecule has 0 nitrogen and oxygen atoms in total. The molecular formula is C18H15Cl. The average molecular weight is 267 g/mol. The van der Waals surface area contributed by atoms with E-state index < -0.39 is 0 Å². The van der Waals surface area contributed by atoms with E-state index in [1.807, 2.05) is 13.0 Å². The predicted molar refractivity (Wildman–Crippen MR) is 83.9 cm³/mol. The van der Waals surface area contributed by atoms with Crippen LogP contribution in [0.1, 0.15) is 11.1 Å². The van der Waals surface area contributed by atoms with Gasteiger partial charge in [-0.15, -0.1) is 0 Å². The maximum Gasteiger partial charge on any atom is 0.0441 e. The Morgan fingerprint density at radius 1 is 0.737 bits per heavy atom. The Morgan fingerprint density at radius 2 is 1.47 bits per heavy atom. The molecule has 0 aromatic heterocycles. The van der Waals surface area contributed by atoms with Gasteiger partial charge in [0.1, 0.15) is 0 Å². The summed E-state index contributed by atoms with van der Waals surface area (Å²) in [5.74, 6) is 0. The van der Waals surface area contributed by atoms with Gasteiger partial charge >= 0.3 is 0 Å². The molecule has 0 aliphatic carbocycles. The third-order valence-electron chi connectivity index (χ3n) is 3.60. The lowest BCUT2D eigenvalue weighted by Crippen LogP contribution is -1.83. The van der Waals surface area contributed by atoms with Crippen LogP contribution in [0, 0.1) is 13.8 Å². The lowest BCUT2D eigenvalue weighted by Gasteiger charge is -2.07. The first-order chi connectivity index (χ1) is 9.15. The molecule has 0 unspecified atom stereocenters. The first kappa shape index (κ1) is 12.3. The van der Waals surface area contributed by atoms with E-state index >= 15 is 0 Å². The quantitative estimate of drug-likeness (QED) is 0.524. The number of fused-ring (bicyclic) bond motifs is 1. The zero-order valence-corrected chi connectivity index (χ0v) is 11.8. The van der Waals surface area contributed by atoms with E-state index in [0.29, 0.717) is 0 Å². The van der Waals surface area contributed by atoms with Gasteiger partial charge in [0.2, 0.25) is 0 Å². The van der Waals surface area contributed by atoms with Crippen molar-refractivity contribution in [3.05, 3.63) is 70.7 Å². The van der Waals surface area contributed by atoms with Crippen LogP contribution in [0.2, 0.25) is 5.02 Å². The zero-order chi connectivity index (χ0) is 13.4. The van der Waals surface area contributed by atoms with Crippen molar-refractivity contribution in [3.8, 4) is 11.1 Å². The molecule has 3 rings (SSSR count). The van der Waals surface area contributed by atoms with Gasteiger partial charge < -0.3 is 0 Å². The van der Waals surface area contributed by atoms with Crippen LogP contribution in [0.5, 0.6) is 0 Å². The molecular weight excluding hydrogens is 252 g/mol. The van der Waals surface area contributed by atoms with Crippen LogP contribution in [0.15, 0.2) is 54.6 Å². The molecule has 0 radical (unpaired) electrons. The van der Waals surface area contributed by atoms with Gasteiger partial charge in [-0.1, -0.05) is 54.1 Å². The molecule has 0 saturated carbocycles. The molecule has 94 valence electrons. The van der Waals surface area contributed by atoms with E-state index in [2.05, 4.69) is 55.5 Å². The second kappa shape index (κ2) is 4.71. The minimum absolute atomic E-state index is 0.821. The lowest BCUT2D eigenvalue weighted by atomic mass is 9.98. The summed E-state index contributed by atoms with van der Waals surface area (Å²) in [6.45, 7) is 4.17. The predicted octanol–water partition coefficient (Wildman–Crippen LogP) is 5.78. The normalized spacial score (nSPS) is 10.9. The summed E-state index contributed by atoms with van der Waals surface area (Å²) in [5.41, 5.74) is 4.80. The minimum atomic E-state index is 0.821. The highest BCUT2D eigenvalue weighted by Crippen LogP contribution is 2.28.